The lowest BCUT2D eigenvalue weighted by Gasteiger charge is -2.34. The number of hydrogen-bond acceptors (Lipinski definition) is 4. The minimum Gasteiger partial charge on any atom is -0.507 e. The maximum absolute atomic E-state index is 13.1. The van der Waals surface area contributed by atoms with Gasteiger partial charge >= 0.3 is 0 Å². The molecule has 5 heteroatoms. The summed E-state index contributed by atoms with van der Waals surface area (Å²) in [4.78, 5) is 14.1. The van der Waals surface area contributed by atoms with Gasteiger partial charge in [-0.3, -0.25) is 9.69 Å². The molecule has 19 heavy (non-hydrogen) atoms. The van der Waals surface area contributed by atoms with E-state index in [0.717, 1.165) is 12.1 Å². The lowest BCUT2D eigenvalue weighted by atomic mass is 10.1. The number of benzene rings is 1. The second-order valence-electron chi connectivity index (χ2n) is 5.04. The monoisotopic (exact) mass is 267 g/mol. The lowest BCUT2D eigenvalue weighted by Crippen LogP contribution is -2.47. The van der Waals surface area contributed by atoms with Crippen molar-refractivity contribution in [2.45, 2.75) is 26.1 Å². The highest BCUT2D eigenvalue weighted by Crippen LogP contribution is 2.19. The molecule has 4 nitrogen and oxygen atoms in total. The van der Waals surface area contributed by atoms with Crippen LogP contribution in [-0.4, -0.2) is 47.6 Å². The van der Waals surface area contributed by atoms with Crippen LogP contribution in [-0.2, 0) is 4.74 Å². The van der Waals surface area contributed by atoms with Gasteiger partial charge in [0.2, 0.25) is 0 Å². The molecule has 104 valence electrons. The van der Waals surface area contributed by atoms with Gasteiger partial charge < -0.3 is 9.84 Å². The van der Waals surface area contributed by atoms with Crippen LogP contribution in [0.3, 0.4) is 0 Å². The van der Waals surface area contributed by atoms with Gasteiger partial charge in [-0.1, -0.05) is 0 Å². The predicted octanol–water partition coefficient (Wildman–Crippen LogP) is 1.82. The summed E-state index contributed by atoms with van der Waals surface area (Å²) in [6, 6.07) is 3.41. The number of carbonyl (C=O) groups is 1. The van der Waals surface area contributed by atoms with Crippen molar-refractivity contribution in [3.8, 4) is 5.75 Å². The predicted molar refractivity (Wildman–Crippen MR) is 68.8 cm³/mol. The van der Waals surface area contributed by atoms with Crippen molar-refractivity contribution in [1.82, 2.24) is 4.90 Å². The fourth-order valence-corrected chi connectivity index (χ4v) is 2.43. The zero-order valence-corrected chi connectivity index (χ0v) is 11.1. The first-order chi connectivity index (χ1) is 8.95. The third-order valence-electron chi connectivity index (χ3n) is 3.12. The Hall–Kier alpha value is -1.46. The van der Waals surface area contributed by atoms with E-state index in [1.807, 2.05) is 18.7 Å². The minimum absolute atomic E-state index is 0.0341. The van der Waals surface area contributed by atoms with Crippen LogP contribution in [0.15, 0.2) is 18.2 Å². The summed E-state index contributed by atoms with van der Waals surface area (Å²) in [6.07, 6.45) is 0.135. The molecule has 1 aliphatic heterocycles. The minimum atomic E-state index is -0.523. The van der Waals surface area contributed by atoms with E-state index in [1.54, 1.807) is 0 Å². The van der Waals surface area contributed by atoms with E-state index >= 15 is 0 Å². The first-order valence-corrected chi connectivity index (χ1v) is 6.35. The SMILES string of the molecule is CC1CN(CC(=O)c2cc(F)ccc2O)CC(C)O1. The molecule has 1 N–H and O–H groups in total. The number of ketones is 1. The number of rotatable bonds is 3. The zero-order chi connectivity index (χ0) is 14.0. The van der Waals surface area contributed by atoms with Crippen LogP contribution in [0.25, 0.3) is 0 Å². The number of Topliss-reactive ketones (excluding diaryl/α,β-unsaturated/α-hetero) is 1. The maximum atomic E-state index is 13.1. The van der Waals surface area contributed by atoms with E-state index in [2.05, 4.69) is 0 Å². The smallest absolute Gasteiger partial charge is 0.180 e. The Balaban J connectivity index is 2.06. The summed E-state index contributed by atoms with van der Waals surface area (Å²) in [6.45, 7) is 5.38. The molecule has 2 atom stereocenters. The van der Waals surface area contributed by atoms with E-state index < -0.39 is 5.82 Å². The lowest BCUT2D eigenvalue weighted by molar-refractivity contribution is -0.0652. The van der Waals surface area contributed by atoms with E-state index in [1.165, 1.54) is 6.07 Å². The Bertz CT molecular complexity index is 468. The Kier molecular flexibility index (Phi) is 4.17. The highest BCUT2D eigenvalue weighted by atomic mass is 19.1. The topological polar surface area (TPSA) is 49.8 Å². The molecule has 0 saturated carbocycles. The summed E-state index contributed by atoms with van der Waals surface area (Å²) >= 11 is 0. The average molecular weight is 267 g/mol. The number of morpholine rings is 1. The van der Waals surface area contributed by atoms with Gasteiger partial charge in [-0.2, -0.15) is 0 Å². The van der Waals surface area contributed by atoms with Gasteiger partial charge in [-0.05, 0) is 32.0 Å². The van der Waals surface area contributed by atoms with Crippen LogP contribution < -0.4 is 0 Å². The summed E-state index contributed by atoms with van der Waals surface area (Å²) in [7, 11) is 0. The summed E-state index contributed by atoms with van der Waals surface area (Å²) in [5.41, 5.74) is 0.0341. The highest BCUT2D eigenvalue weighted by molar-refractivity contribution is 6.00. The quantitative estimate of drug-likeness (QED) is 0.849. The molecule has 1 saturated heterocycles. The second-order valence-corrected chi connectivity index (χ2v) is 5.04. The number of carbonyl (C=O) groups excluding carboxylic acids is 1. The number of phenols is 1. The van der Waals surface area contributed by atoms with Crippen LogP contribution in [0.5, 0.6) is 5.75 Å². The first-order valence-electron chi connectivity index (χ1n) is 6.35. The molecule has 0 aromatic heterocycles. The van der Waals surface area contributed by atoms with Crippen LogP contribution in [0.2, 0.25) is 0 Å². The molecule has 2 unspecified atom stereocenters. The first kappa shape index (κ1) is 14.0. The highest BCUT2D eigenvalue weighted by Gasteiger charge is 2.24. The van der Waals surface area contributed by atoms with Crippen LogP contribution in [0.1, 0.15) is 24.2 Å². The molecule has 1 fully saturated rings. The Morgan fingerprint density at radius 1 is 1.42 bits per heavy atom. The van der Waals surface area contributed by atoms with Crippen molar-refractivity contribution in [2.75, 3.05) is 19.6 Å². The summed E-state index contributed by atoms with van der Waals surface area (Å²) in [5, 5.41) is 9.61. The third-order valence-corrected chi connectivity index (χ3v) is 3.12. The Morgan fingerprint density at radius 2 is 2.05 bits per heavy atom. The van der Waals surface area contributed by atoms with Gasteiger partial charge in [0.05, 0.1) is 24.3 Å². The second kappa shape index (κ2) is 5.67. The van der Waals surface area contributed by atoms with Gasteiger partial charge in [-0.15, -0.1) is 0 Å². The van der Waals surface area contributed by atoms with Crippen molar-refractivity contribution in [3.63, 3.8) is 0 Å². The van der Waals surface area contributed by atoms with Crippen molar-refractivity contribution in [3.05, 3.63) is 29.6 Å². The maximum Gasteiger partial charge on any atom is 0.180 e. The molecule has 1 aromatic rings. The van der Waals surface area contributed by atoms with Gasteiger partial charge in [0.25, 0.3) is 0 Å². The third kappa shape index (κ3) is 3.52. The Morgan fingerprint density at radius 3 is 2.68 bits per heavy atom. The molecule has 0 spiro atoms. The number of halogens is 1. The van der Waals surface area contributed by atoms with Crippen molar-refractivity contribution < 1.29 is 19.0 Å². The molecule has 0 amide bonds. The molecule has 1 aliphatic rings. The number of ether oxygens (including phenoxy) is 1. The van der Waals surface area contributed by atoms with E-state index in [9.17, 15) is 14.3 Å². The summed E-state index contributed by atoms with van der Waals surface area (Å²) < 4.78 is 18.7. The van der Waals surface area contributed by atoms with Crippen LogP contribution in [0.4, 0.5) is 4.39 Å². The number of hydrogen-bond donors (Lipinski definition) is 1. The fraction of sp³-hybridized carbons (Fsp3) is 0.500. The number of aromatic hydroxyl groups is 1. The molecule has 0 bridgehead atoms. The number of phenolic OH excluding ortho intramolecular Hbond substituents is 1. The average Bonchev–Trinajstić information content (AvgIpc) is 2.30. The van der Waals surface area contributed by atoms with E-state index in [0.29, 0.717) is 13.1 Å². The molecule has 0 aliphatic carbocycles. The van der Waals surface area contributed by atoms with Crippen molar-refractivity contribution in [2.24, 2.45) is 0 Å². The van der Waals surface area contributed by atoms with E-state index in [4.69, 9.17) is 4.74 Å². The van der Waals surface area contributed by atoms with Gasteiger partial charge in [-0.25, -0.2) is 4.39 Å². The normalized spacial score (nSPS) is 24.4. The molecule has 0 radical (unpaired) electrons. The molecular formula is C14H18FNO3. The van der Waals surface area contributed by atoms with Gasteiger partial charge in [0.15, 0.2) is 5.78 Å². The number of nitrogens with zero attached hydrogens (tertiary/aromatic N) is 1. The fourth-order valence-electron chi connectivity index (χ4n) is 2.43. The zero-order valence-electron chi connectivity index (χ0n) is 11.1. The van der Waals surface area contributed by atoms with Crippen molar-refractivity contribution in [1.29, 1.82) is 0 Å². The van der Waals surface area contributed by atoms with Gasteiger partial charge in [0.1, 0.15) is 11.6 Å². The van der Waals surface area contributed by atoms with Crippen LogP contribution >= 0.6 is 0 Å². The summed E-state index contributed by atoms with van der Waals surface area (Å²) in [5.74, 6) is -0.982. The molecule has 1 heterocycles. The van der Waals surface area contributed by atoms with E-state index in [-0.39, 0.29) is 35.8 Å². The molecular weight excluding hydrogens is 249 g/mol. The van der Waals surface area contributed by atoms with Crippen molar-refractivity contribution >= 4 is 5.78 Å². The molecule has 2 rings (SSSR count). The Labute approximate surface area is 111 Å². The standard InChI is InChI=1S/C14H18FNO3/c1-9-6-16(7-10(2)19-9)8-14(18)12-5-11(15)3-4-13(12)17/h3-5,9-10,17H,6-8H2,1-2H3. The molecule has 1 aromatic carbocycles. The van der Waals surface area contributed by atoms with Crippen LogP contribution in [0, 0.1) is 5.82 Å². The van der Waals surface area contributed by atoms with Gasteiger partial charge in [0, 0.05) is 13.1 Å². The largest absolute Gasteiger partial charge is 0.507 e.